The fourth-order valence-corrected chi connectivity index (χ4v) is 11.5. The smallest absolute Gasteiger partial charge is 0.305 e. The number of rotatable bonds is 68. The molecule has 2 atom stereocenters. The normalized spacial score (nSPS) is 12.6. The molecule has 2 unspecified atom stereocenters. The van der Waals surface area contributed by atoms with Crippen molar-refractivity contribution in [3.63, 3.8) is 0 Å². The van der Waals surface area contributed by atoms with Gasteiger partial charge in [-0.15, -0.1) is 0 Å². The molecule has 0 spiro atoms. The van der Waals surface area contributed by atoms with Crippen LogP contribution in [0.5, 0.6) is 0 Å². The number of aliphatic hydroxyl groups excluding tert-OH is 2. The van der Waals surface area contributed by atoms with Crippen molar-refractivity contribution >= 4 is 11.9 Å². The van der Waals surface area contributed by atoms with E-state index in [9.17, 15) is 19.8 Å². The summed E-state index contributed by atoms with van der Waals surface area (Å²) in [7, 11) is 0. The van der Waals surface area contributed by atoms with Crippen molar-refractivity contribution in [2.45, 2.75) is 418 Å². The third-order valence-electron chi connectivity index (χ3n) is 17.0. The molecule has 0 aliphatic carbocycles. The molecule has 79 heavy (non-hydrogen) atoms. The summed E-state index contributed by atoms with van der Waals surface area (Å²) < 4.78 is 5.51. The Bertz CT molecular complexity index is 1230. The lowest BCUT2D eigenvalue weighted by Gasteiger charge is -2.20. The highest BCUT2D eigenvalue weighted by molar-refractivity contribution is 5.76. The number of amides is 1. The fourth-order valence-electron chi connectivity index (χ4n) is 11.5. The number of carbonyl (C=O) groups excluding carboxylic acids is 2. The zero-order valence-electron chi connectivity index (χ0n) is 53.6. The molecule has 0 aromatic carbocycles. The maximum absolute atomic E-state index is 12.4. The largest absolute Gasteiger partial charge is 0.466 e. The Kier molecular flexibility index (Phi) is 67.4. The van der Waals surface area contributed by atoms with E-state index in [0.717, 1.165) is 38.5 Å². The molecule has 0 rings (SSSR count). The second-order valence-corrected chi connectivity index (χ2v) is 24.9. The Morgan fingerprint density at radius 3 is 0.899 bits per heavy atom. The summed E-state index contributed by atoms with van der Waals surface area (Å²) in [6.07, 6.45) is 87.1. The lowest BCUT2D eigenvalue weighted by Crippen LogP contribution is -2.45. The third kappa shape index (κ3) is 65.4. The second kappa shape index (κ2) is 68.8. The van der Waals surface area contributed by atoms with Crippen LogP contribution in [-0.4, -0.2) is 47.4 Å². The van der Waals surface area contributed by atoms with Crippen molar-refractivity contribution in [2.75, 3.05) is 13.2 Å². The molecule has 0 aliphatic heterocycles. The molecule has 0 aromatic rings. The minimum atomic E-state index is -0.840. The van der Waals surface area contributed by atoms with Crippen molar-refractivity contribution in [1.82, 2.24) is 5.32 Å². The zero-order chi connectivity index (χ0) is 57.1. The lowest BCUT2D eigenvalue weighted by atomic mass is 10.0. The van der Waals surface area contributed by atoms with E-state index < -0.39 is 12.1 Å². The van der Waals surface area contributed by atoms with Gasteiger partial charge in [0.2, 0.25) is 5.91 Å². The lowest BCUT2D eigenvalue weighted by molar-refractivity contribution is -0.143. The van der Waals surface area contributed by atoms with Crippen molar-refractivity contribution in [2.24, 2.45) is 0 Å². The van der Waals surface area contributed by atoms with E-state index in [4.69, 9.17) is 4.74 Å². The number of nitrogens with one attached hydrogen (secondary N) is 1. The van der Waals surface area contributed by atoms with Gasteiger partial charge in [-0.05, 0) is 57.8 Å². The first kappa shape index (κ1) is 77.3. The first-order valence-electron chi connectivity index (χ1n) is 36.1. The Balaban J connectivity index is 3.31. The Hall–Kier alpha value is -1.66. The molecule has 0 saturated carbocycles. The molecule has 3 N–H and O–H groups in total. The monoisotopic (exact) mass is 1110 g/mol. The number of hydrogen-bond acceptors (Lipinski definition) is 5. The molecule has 0 aliphatic rings. The van der Waals surface area contributed by atoms with E-state index in [2.05, 4.69) is 31.3 Å². The first-order valence-corrected chi connectivity index (χ1v) is 36.1. The van der Waals surface area contributed by atoms with Gasteiger partial charge >= 0.3 is 5.97 Å². The molecule has 6 heteroatoms. The molecule has 468 valence electrons. The zero-order valence-corrected chi connectivity index (χ0v) is 53.6. The van der Waals surface area contributed by atoms with Crippen molar-refractivity contribution in [1.29, 1.82) is 0 Å². The quantitative estimate of drug-likeness (QED) is 0.0320. The van der Waals surface area contributed by atoms with E-state index in [1.165, 1.54) is 340 Å². The molecule has 0 fully saturated rings. The van der Waals surface area contributed by atoms with Gasteiger partial charge in [0.15, 0.2) is 0 Å². The number of ether oxygens (including phenoxy) is 1. The summed E-state index contributed by atoms with van der Waals surface area (Å²) in [5.41, 5.74) is 0. The molecule has 0 heterocycles. The maximum atomic E-state index is 12.4. The van der Waals surface area contributed by atoms with Gasteiger partial charge in [-0.3, -0.25) is 9.59 Å². The van der Waals surface area contributed by atoms with Crippen molar-refractivity contribution < 1.29 is 24.5 Å². The predicted octanol–water partition coefficient (Wildman–Crippen LogP) is 23.3. The van der Waals surface area contributed by atoms with Crippen LogP contribution in [0.1, 0.15) is 406 Å². The van der Waals surface area contributed by atoms with Crippen LogP contribution in [0.3, 0.4) is 0 Å². The van der Waals surface area contributed by atoms with Crippen LogP contribution >= 0.6 is 0 Å². The molecule has 0 saturated heterocycles. The van der Waals surface area contributed by atoms with Gasteiger partial charge in [-0.1, -0.05) is 359 Å². The standard InChI is InChI=1S/C73H141NO5/c1-3-5-7-9-11-13-15-16-17-40-43-47-51-55-59-63-67-73(78)79-68-64-60-56-52-48-44-41-38-36-34-32-30-28-26-24-22-20-18-19-21-23-25-27-29-31-33-35-37-39-42-46-50-54-58-62-66-72(77)74-70(69-75)71(76)65-61-57-53-49-45-14-12-10-8-6-4-2/h20,22,61,65,70-71,75-76H,3-19,21,23-60,62-64,66-69H2,1-2H3,(H,74,77)/b22-20-,65-61+. The van der Waals surface area contributed by atoms with Gasteiger partial charge < -0.3 is 20.3 Å². The molecule has 0 aromatic heterocycles. The van der Waals surface area contributed by atoms with E-state index in [0.29, 0.717) is 19.4 Å². The number of hydrogen-bond donors (Lipinski definition) is 3. The second-order valence-electron chi connectivity index (χ2n) is 24.9. The SMILES string of the molecule is CCCCCCCCCCC/C=C/C(O)C(CO)NC(=O)CCCCCCCCCCCCCCCCCCC/C=C\CCCCCCCCCCCCCCCCOC(=O)CCCCCCCCCCCCCCCCCC. The molecule has 0 radical (unpaired) electrons. The van der Waals surface area contributed by atoms with E-state index in [-0.39, 0.29) is 18.5 Å². The van der Waals surface area contributed by atoms with Crippen LogP contribution in [0, 0.1) is 0 Å². The summed E-state index contributed by atoms with van der Waals surface area (Å²) in [6, 6.07) is -0.623. The summed E-state index contributed by atoms with van der Waals surface area (Å²) in [5.74, 6) is -0.0398. The number of esters is 1. The summed E-state index contributed by atoms with van der Waals surface area (Å²) >= 11 is 0. The van der Waals surface area contributed by atoms with Gasteiger partial charge in [-0.2, -0.15) is 0 Å². The predicted molar refractivity (Wildman–Crippen MR) is 347 cm³/mol. The molecular weight excluding hydrogens is 971 g/mol. The average molecular weight is 1110 g/mol. The first-order chi connectivity index (χ1) is 39.0. The Morgan fingerprint density at radius 2 is 0.595 bits per heavy atom. The summed E-state index contributed by atoms with van der Waals surface area (Å²) in [6.45, 7) is 4.93. The highest BCUT2D eigenvalue weighted by atomic mass is 16.5. The number of allylic oxidation sites excluding steroid dienone is 3. The number of carbonyl (C=O) groups is 2. The van der Waals surface area contributed by atoms with Crippen LogP contribution in [-0.2, 0) is 14.3 Å². The minimum absolute atomic E-state index is 0.0241. The Labute approximate surface area is 494 Å². The maximum Gasteiger partial charge on any atom is 0.305 e. The van der Waals surface area contributed by atoms with Crippen molar-refractivity contribution in [3.05, 3.63) is 24.3 Å². The number of aliphatic hydroxyl groups is 2. The van der Waals surface area contributed by atoms with Crippen LogP contribution in [0.15, 0.2) is 24.3 Å². The average Bonchev–Trinajstić information content (AvgIpc) is 3.45. The van der Waals surface area contributed by atoms with Crippen LogP contribution in [0.25, 0.3) is 0 Å². The van der Waals surface area contributed by atoms with Crippen LogP contribution in [0.4, 0.5) is 0 Å². The van der Waals surface area contributed by atoms with Gasteiger partial charge in [-0.25, -0.2) is 0 Å². The number of unbranched alkanes of at least 4 members (excludes halogenated alkanes) is 55. The summed E-state index contributed by atoms with van der Waals surface area (Å²) in [5, 5.41) is 23.1. The van der Waals surface area contributed by atoms with Gasteiger partial charge in [0.25, 0.3) is 0 Å². The van der Waals surface area contributed by atoms with E-state index in [1.807, 2.05) is 6.08 Å². The molecule has 1 amide bonds. The summed E-state index contributed by atoms with van der Waals surface area (Å²) in [4.78, 5) is 24.5. The highest BCUT2D eigenvalue weighted by Gasteiger charge is 2.18. The van der Waals surface area contributed by atoms with Gasteiger partial charge in [0.1, 0.15) is 0 Å². The van der Waals surface area contributed by atoms with E-state index >= 15 is 0 Å². The van der Waals surface area contributed by atoms with Gasteiger partial charge in [0, 0.05) is 12.8 Å². The van der Waals surface area contributed by atoms with Crippen LogP contribution < -0.4 is 5.32 Å². The molecular formula is C73H141NO5. The van der Waals surface area contributed by atoms with Crippen molar-refractivity contribution in [3.8, 4) is 0 Å². The third-order valence-corrected chi connectivity index (χ3v) is 17.0. The minimum Gasteiger partial charge on any atom is -0.466 e. The Morgan fingerprint density at radius 1 is 0.342 bits per heavy atom. The van der Waals surface area contributed by atoms with Gasteiger partial charge in [0.05, 0.1) is 25.4 Å². The van der Waals surface area contributed by atoms with Crippen LogP contribution in [0.2, 0.25) is 0 Å². The van der Waals surface area contributed by atoms with E-state index in [1.54, 1.807) is 6.08 Å². The molecule has 6 nitrogen and oxygen atoms in total. The highest BCUT2D eigenvalue weighted by Crippen LogP contribution is 2.19. The topological polar surface area (TPSA) is 95.9 Å². The fraction of sp³-hybridized carbons (Fsp3) is 0.918. The molecule has 0 bridgehead atoms.